The Morgan fingerprint density at radius 1 is 0.269 bits per heavy atom. The van der Waals surface area contributed by atoms with E-state index in [-0.39, 0.29) is 10.8 Å². The molecule has 0 aromatic heterocycles. The molecule has 2 aliphatic carbocycles. The first kappa shape index (κ1) is 29.7. The van der Waals surface area contributed by atoms with Crippen molar-refractivity contribution in [3.8, 4) is 44.5 Å². The number of hydrogen-bond donors (Lipinski definition) is 0. The minimum Gasteiger partial charge on any atom is -0.0619 e. The van der Waals surface area contributed by atoms with Crippen molar-refractivity contribution in [1.82, 2.24) is 0 Å². The van der Waals surface area contributed by atoms with E-state index in [1.807, 2.05) is 0 Å². The fourth-order valence-corrected chi connectivity index (χ4v) is 9.72. The van der Waals surface area contributed by atoms with E-state index in [9.17, 15) is 0 Å². The van der Waals surface area contributed by atoms with Gasteiger partial charge in [0.25, 0.3) is 0 Å². The summed E-state index contributed by atoms with van der Waals surface area (Å²) < 4.78 is 0. The van der Waals surface area contributed by atoms with Gasteiger partial charge in [0.1, 0.15) is 0 Å². The molecule has 0 spiro atoms. The van der Waals surface area contributed by atoms with Gasteiger partial charge in [0.15, 0.2) is 0 Å². The lowest BCUT2D eigenvalue weighted by Gasteiger charge is -2.23. The lowest BCUT2D eigenvalue weighted by Crippen LogP contribution is -2.15. The SMILES string of the molecule is CC1(C)c2cc(-c3ccc4c(ccc5ccccc54)c3)ccc2-c2ccc(-c3ccc4ccc5cc6c(cc5c4c3)C(C)(C)c3ccccc3-6)cc21. The normalized spacial score (nSPS) is 14.8. The summed E-state index contributed by atoms with van der Waals surface area (Å²) in [4.78, 5) is 0. The van der Waals surface area contributed by atoms with Crippen LogP contribution in [0.15, 0.2) is 158 Å². The van der Waals surface area contributed by atoms with E-state index >= 15 is 0 Å². The molecular weight excluding hydrogens is 625 g/mol. The Balaban J connectivity index is 0.990. The van der Waals surface area contributed by atoms with Crippen LogP contribution < -0.4 is 0 Å². The molecule has 246 valence electrons. The molecule has 9 aromatic rings. The van der Waals surface area contributed by atoms with Crippen molar-refractivity contribution in [2.24, 2.45) is 0 Å². The zero-order valence-corrected chi connectivity index (χ0v) is 30.0. The van der Waals surface area contributed by atoms with Gasteiger partial charge in [-0.1, -0.05) is 149 Å². The Morgan fingerprint density at radius 3 is 1.50 bits per heavy atom. The number of rotatable bonds is 2. The Morgan fingerprint density at radius 2 is 0.731 bits per heavy atom. The summed E-state index contributed by atoms with van der Waals surface area (Å²) in [5.41, 5.74) is 16.0. The lowest BCUT2D eigenvalue weighted by molar-refractivity contribution is 0.661. The minimum absolute atomic E-state index is 0.0243. The number of benzene rings is 9. The first-order valence-electron chi connectivity index (χ1n) is 18.6. The summed E-state index contributed by atoms with van der Waals surface area (Å²) in [5.74, 6) is 0. The molecule has 11 rings (SSSR count). The van der Waals surface area contributed by atoms with Crippen LogP contribution in [0.3, 0.4) is 0 Å². The van der Waals surface area contributed by atoms with Gasteiger partial charge in [-0.25, -0.2) is 0 Å². The maximum Gasteiger partial charge on any atom is 0.0159 e. The predicted octanol–water partition coefficient (Wildman–Crippen LogP) is 14.2. The third-order valence-corrected chi connectivity index (χ3v) is 12.6. The van der Waals surface area contributed by atoms with Gasteiger partial charge in [-0.05, 0) is 146 Å². The highest BCUT2D eigenvalue weighted by Gasteiger charge is 2.37. The second kappa shape index (κ2) is 10.3. The summed E-state index contributed by atoms with van der Waals surface area (Å²) in [5, 5.41) is 10.4. The summed E-state index contributed by atoms with van der Waals surface area (Å²) >= 11 is 0. The van der Waals surface area contributed by atoms with Crippen molar-refractivity contribution in [3.63, 3.8) is 0 Å². The Bertz CT molecular complexity index is 3010. The van der Waals surface area contributed by atoms with Gasteiger partial charge in [0, 0.05) is 10.8 Å². The first-order valence-corrected chi connectivity index (χ1v) is 18.6. The molecule has 0 bridgehead atoms. The first-order chi connectivity index (χ1) is 25.3. The second-order valence-corrected chi connectivity index (χ2v) is 16.2. The van der Waals surface area contributed by atoms with E-state index in [0.29, 0.717) is 0 Å². The predicted molar refractivity (Wildman–Crippen MR) is 222 cm³/mol. The Kier molecular flexibility index (Phi) is 5.89. The van der Waals surface area contributed by atoms with E-state index in [1.165, 1.54) is 110 Å². The van der Waals surface area contributed by atoms with Gasteiger partial charge in [-0.2, -0.15) is 0 Å². The summed E-state index contributed by atoms with van der Waals surface area (Å²) in [6.45, 7) is 9.53. The van der Waals surface area contributed by atoms with Crippen LogP contribution in [-0.4, -0.2) is 0 Å². The van der Waals surface area contributed by atoms with Crippen molar-refractivity contribution < 1.29 is 0 Å². The monoisotopic (exact) mass is 662 g/mol. The van der Waals surface area contributed by atoms with E-state index in [4.69, 9.17) is 0 Å². The highest BCUT2D eigenvalue weighted by Crippen LogP contribution is 2.52. The molecule has 0 amide bonds. The topological polar surface area (TPSA) is 0 Å². The van der Waals surface area contributed by atoms with Crippen LogP contribution in [0.2, 0.25) is 0 Å². The van der Waals surface area contributed by atoms with Crippen LogP contribution in [0.1, 0.15) is 49.9 Å². The highest BCUT2D eigenvalue weighted by molar-refractivity contribution is 6.11. The Labute approximate surface area is 305 Å². The van der Waals surface area contributed by atoms with Crippen LogP contribution in [0.5, 0.6) is 0 Å². The van der Waals surface area contributed by atoms with Gasteiger partial charge >= 0.3 is 0 Å². The van der Waals surface area contributed by atoms with E-state index in [0.717, 1.165) is 0 Å². The van der Waals surface area contributed by atoms with E-state index < -0.39 is 0 Å². The average molecular weight is 663 g/mol. The van der Waals surface area contributed by atoms with Crippen LogP contribution in [0.25, 0.3) is 87.6 Å². The van der Waals surface area contributed by atoms with Crippen molar-refractivity contribution in [1.29, 1.82) is 0 Å². The van der Waals surface area contributed by atoms with Gasteiger partial charge < -0.3 is 0 Å². The number of hydrogen-bond acceptors (Lipinski definition) is 0. The van der Waals surface area contributed by atoms with Crippen molar-refractivity contribution in [2.45, 2.75) is 38.5 Å². The second-order valence-electron chi connectivity index (χ2n) is 16.2. The molecule has 0 unspecified atom stereocenters. The summed E-state index contributed by atoms with van der Waals surface area (Å²) in [6, 6.07) is 59.8. The molecule has 2 aliphatic rings. The van der Waals surface area contributed by atoms with Crippen molar-refractivity contribution in [2.75, 3.05) is 0 Å². The smallest absolute Gasteiger partial charge is 0.0159 e. The third-order valence-electron chi connectivity index (χ3n) is 12.6. The van der Waals surface area contributed by atoms with Crippen LogP contribution in [0.4, 0.5) is 0 Å². The Hall–Kier alpha value is -5.98. The molecule has 9 aromatic carbocycles. The third kappa shape index (κ3) is 4.04. The lowest BCUT2D eigenvalue weighted by atomic mass is 9.80. The van der Waals surface area contributed by atoms with E-state index in [1.54, 1.807) is 0 Å². The standard InChI is InChI=1S/C52H38/c1-51(2)47-12-8-7-11-41(47)46-27-38-18-15-32-13-16-34(26-44(32)45(38)30-50(46)51)36-21-24-43-42-23-20-35(28-48(42)52(3,4)49(43)29-36)33-19-22-40-37(25-33)17-14-31-9-5-6-10-39(31)40/h5-30H,1-4H3. The van der Waals surface area contributed by atoms with Crippen LogP contribution >= 0.6 is 0 Å². The molecule has 0 saturated carbocycles. The molecule has 52 heavy (non-hydrogen) atoms. The largest absolute Gasteiger partial charge is 0.0619 e. The fraction of sp³-hybridized carbons (Fsp3) is 0.115. The van der Waals surface area contributed by atoms with Crippen molar-refractivity contribution >= 4 is 43.1 Å². The molecule has 0 saturated heterocycles. The maximum atomic E-state index is 2.48. The van der Waals surface area contributed by atoms with Crippen molar-refractivity contribution in [3.05, 3.63) is 180 Å². The summed E-state index contributed by atoms with van der Waals surface area (Å²) in [6.07, 6.45) is 0. The molecular formula is C52H38. The maximum absolute atomic E-state index is 2.48. The fourth-order valence-electron chi connectivity index (χ4n) is 9.72. The van der Waals surface area contributed by atoms with Gasteiger partial charge in [0.2, 0.25) is 0 Å². The zero-order valence-electron chi connectivity index (χ0n) is 30.0. The van der Waals surface area contributed by atoms with Gasteiger partial charge in [0.05, 0.1) is 0 Å². The average Bonchev–Trinajstić information content (AvgIpc) is 3.55. The molecule has 0 aliphatic heterocycles. The van der Waals surface area contributed by atoms with Crippen LogP contribution in [-0.2, 0) is 10.8 Å². The van der Waals surface area contributed by atoms with Gasteiger partial charge in [-0.3, -0.25) is 0 Å². The number of fused-ring (bicyclic) bond motifs is 12. The quantitative estimate of drug-likeness (QED) is 0.162. The molecule has 0 radical (unpaired) electrons. The van der Waals surface area contributed by atoms with Gasteiger partial charge in [-0.15, -0.1) is 0 Å². The summed E-state index contributed by atoms with van der Waals surface area (Å²) in [7, 11) is 0. The molecule has 0 heteroatoms. The zero-order chi connectivity index (χ0) is 34.9. The molecule has 0 fully saturated rings. The minimum atomic E-state index is -0.117. The molecule has 0 nitrogen and oxygen atoms in total. The molecule has 0 heterocycles. The van der Waals surface area contributed by atoms with Crippen LogP contribution in [0, 0.1) is 0 Å². The molecule has 0 N–H and O–H groups in total. The van der Waals surface area contributed by atoms with E-state index in [2.05, 4.69) is 185 Å². The molecule has 0 atom stereocenters. The highest BCUT2D eigenvalue weighted by atomic mass is 14.4.